The summed E-state index contributed by atoms with van der Waals surface area (Å²) in [6.45, 7) is 5.87. The fourth-order valence-corrected chi connectivity index (χ4v) is 2.39. The molecule has 7 heteroatoms. The van der Waals surface area contributed by atoms with Crippen LogP contribution in [0.15, 0.2) is 10.9 Å². The normalized spacial score (nSPS) is 23.7. The maximum atomic E-state index is 11.5. The van der Waals surface area contributed by atoms with Crippen molar-refractivity contribution < 1.29 is 0 Å². The van der Waals surface area contributed by atoms with Gasteiger partial charge in [0.05, 0.1) is 0 Å². The summed E-state index contributed by atoms with van der Waals surface area (Å²) in [5.41, 5.74) is 0.342. The Hall–Kier alpha value is -1.89. The molecule has 0 radical (unpaired) electrons. The molecule has 0 saturated carbocycles. The third kappa shape index (κ3) is 1.76. The molecule has 1 aliphatic rings. The highest BCUT2D eigenvalue weighted by Gasteiger charge is 2.28. The van der Waals surface area contributed by atoms with Gasteiger partial charge in [-0.25, -0.2) is 19.3 Å². The number of H-pyrrole nitrogens is 1. The molecule has 7 nitrogen and oxygen atoms in total. The van der Waals surface area contributed by atoms with Crippen LogP contribution in [0.2, 0.25) is 0 Å². The van der Waals surface area contributed by atoms with E-state index in [1.807, 2.05) is 0 Å². The summed E-state index contributed by atoms with van der Waals surface area (Å²) in [6.07, 6.45) is 1.05. The number of aromatic nitrogens is 4. The van der Waals surface area contributed by atoms with Gasteiger partial charge in [-0.05, 0) is 26.8 Å². The molecule has 2 aromatic heterocycles. The number of fused-ring (bicyclic) bond motifs is 1. The first kappa shape index (κ1) is 11.2. The Morgan fingerprint density at radius 3 is 3.11 bits per heavy atom. The van der Waals surface area contributed by atoms with Gasteiger partial charge in [-0.1, -0.05) is 0 Å². The molecular weight excluding hydrogens is 232 g/mol. The second-order valence-electron chi connectivity index (χ2n) is 5.02. The van der Waals surface area contributed by atoms with Crippen LogP contribution in [-0.2, 0) is 0 Å². The van der Waals surface area contributed by atoms with E-state index in [1.165, 1.54) is 4.40 Å². The van der Waals surface area contributed by atoms with Crippen LogP contribution in [0.3, 0.4) is 0 Å². The molecule has 0 aliphatic carbocycles. The van der Waals surface area contributed by atoms with E-state index in [1.54, 1.807) is 13.0 Å². The van der Waals surface area contributed by atoms with Crippen LogP contribution in [0.5, 0.6) is 0 Å². The van der Waals surface area contributed by atoms with Gasteiger partial charge in [-0.3, -0.25) is 0 Å². The number of nitrogens with one attached hydrogen (secondary N) is 3. The van der Waals surface area contributed by atoms with E-state index in [2.05, 4.69) is 32.7 Å². The second kappa shape index (κ2) is 3.81. The van der Waals surface area contributed by atoms with Crippen molar-refractivity contribution in [3.8, 4) is 0 Å². The predicted octanol–water partition coefficient (Wildman–Crippen LogP) is -0.110. The second-order valence-corrected chi connectivity index (χ2v) is 5.02. The van der Waals surface area contributed by atoms with Crippen molar-refractivity contribution >= 4 is 11.5 Å². The summed E-state index contributed by atoms with van der Waals surface area (Å²) in [6, 6.07) is 1.79. The molecule has 1 atom stereocenters. The average molecular weight is 248 g/mol. The monoisotopic (exact) mass is 248 g/mol. The van der Waals surface area contributed by atoms with Gasteiger partial charge in [0.25, 0.3) is 0 Å². The topological polar surface area (TPSA) is 87.1 Å². The Labute approximate surface area is 104 Å². The number of anilines is 1. The lowest BCUT2D eigenvalue weighted by molar-refractivity contribution is 0.563. The Kier molecular flexibility index (Phi) is 2.37. The van der Waals surface area contributed by atoms with Gasteiger partial charge < -0.3 is 10.6 Å². The molecule has 0 amide bonds. The summed E-state index contributed by atoms with van der Waals surface area (Å²) < 4.78 is 1.46. The zero-order valence-corrected chi connectivity index (χ0v) is 10.4. The predicted molar refractivity (Wildman–Crippen MR) is 67.9 cm³/mol. The number of rotatable bonds is 2. The van der Waals surface area contributed by atoms with Gasteiger partial charge in [-0.2, -0.15) is 5.10 Å². The third-order valence-electron chi connectivity index (χ3n) is 3.37. The molecule has 1 aliphatic heterocycles. The Morgan fingerprint density at radius 1 is 1.56 bits per heavy atom. The van der Waals surface area contributed by atoms with Gasteiger partial charge in [0.2, 0.25) is 0 Å². The fraction of sp³-hybridized carbons (Fsp3) is 0.545. The van der Waals surface area contributed by atoms with Crippen LogP contribution in [0.25, 0.3) is 5.65 Å². The van der Waals surface area contributed by atoms with Crippen LogP contribution >= 0.6 is 0 Å². The minimum Gasteiger partial charge on any atom is -0.363 e. The molecule has 3 N–H and O–H groups in total. The van der Waals surface area contributed by atoms with Crippen molar-refractivity contribution in [2.24, 2.45) is 0 Å². The van der Waals surface area contributed by atoms with E-state index in [-0.39, 0.29) is 11.2 Å². The first-order valence-electron chi connectivity index (χ1n) is 6.01. The average Bonchev–Trinajstić information content (AvgIpc) is 2.86. The quantitative estimate of drug-likeness (QED) is 0.690. The van der Waals surface area contributed by atoms with Gasteiger partial charge in [0, 0.05) is 18.2 Å². The van der Waals surface area contributed by atoms with E-state index < -0.39 is 0 Å². The summed E-state index contributed by atoms with van der Waals surface area (Å²) in [7, 11) is 0. The van der Waals surface area contributed by atoms with E-state index in [4.69, 9.17) is 0 Å². The molecule has 1 saturated heterocycles. The summed E-state index contributed by atoms with van der Waals surface area (Å²) in [5.74, 6) is 1.38. The van der Waals surface area contributed by atoms with Crippen LogP contribution in [-0.4, -0.2) is 38.2 Å². The first-order valence-corrected chi connectivity index (χ1v) is 6.01. The van der Waals surface area contributed by atoms with E-state index in [0.717, 1.165) is 25.3 Å². The van der Waals surface area contributed by atoms with E-state index in [0.29, 0.717) is 11.5 Å². The smallest absolute Gasteiger partial charge is 0.349 e. The number of aryl methyl sites for hydroxylation is 1. The van der Waals surface area contributed by atoms with Crippen molar-refractivity contribution in [1.82, 2.24) is 24.9 Å². The molecule has 1 unspecified atom stereocenters. The standard InChI is InChI=1S/C11H16N6O/c1-7-13-8(14-11(2)3-4-12-6-11)5-9-15-16-10(18)17(7)9/h5,12,14H,3-4,6H2,1-2H3,(H,16,18). The molecule has 1 fully saturated rings. The highest BCUT2D eigenvalue weighted by Crippen LogP contribution is 2.20. The van der Waals surface area contributed by atoms with Crippen molar-refractivity contribution in [3.63, 3.8) is 0 Å². The van der Waals surface area contributed by atoms with Gasteiger partial charge in [0.15, 0.2) is 5.65 Å². The van der Waals surface area contributed by atoms with E-state index >= 15 is 0 Å². The van der Waals surface area contributed by atoms with Crippen LogP contribution in [0.1, 0.15) is 19.2 Å². The Bertz CT molecular complexity index is 637. The summed E-state index contributed by atoms with van der Waals surface area (Å²) in [5, 5.41) is 13.1. The van der Waals surface area contributed by atoms with Gasteiger partial charge >= 0.3 is 5.69 Å². The first-order chi connectivity index (χ1) is 8.57. The SMILES string of the molecule is Cc1nc(NC2(C)CCNC2)cc2n[nH]c(=O)n12. The lowest BCUT2D eigenvalue weighted by Gasteiger charge is -2.25. The number of aromatic amines is 1. The Balaban J connectivity index is 2.00. The lowest BCUT2D eigenvalue weighted by atomic mass is 10.0. The van der Waals surface area contributed by atoms with Crippen molar-refractivity contribution in [3.05, 3.63) is 22.4 Å². The highest BCUT2D eigenvalue weighted by atomic mass is 16.1. The molecule has 0 spiro atoms. The maximum Gasteiger partial charge on any atom is 0.349 e. The lowest BCUT2D eigenvalue weighted by Crippen LogP contribution is -2.37. The molecule has 18 heavy (non-hydrogen) atoms. The van der Waals surface area contributed by atoms with Gasteiger partial charge in [0.1, 0.15) is 11.6 Å². The molecular formula is C11H16N6O. The molecule has 96 valence electrons. The van der Waals surface area contributed by atoms with Crippen LogP contribution < -0.4 is 16.3 Å². The zero-order chi connectivity index (χ0) is 12.8. The molecule has 2 aromatic rings. The van der Waals surface area contributed by atoms with Crippen molar-refractivity contribution in [1.29, 1.82) is 0 Å². The molecule has 3 rings (SSSR count). The zero-order valence-electron chi connectivity index (χ0n) is 10.4. The fourth-order valence-electron chi connectivity index (χ4n) is 2.39. The largest absolute Gasteiger partial charge is 0.363 e. The Morgan fingerprint density at radius 2 is 2.39 bits per heavy atom. The minimum atomic E-state index is -0.254. The third-order valence-corrected chi connectivity index (χ3v) is 3.37. The van der Waals surface area contributed by atoms with Crippen LogP contribution in [0.4, 0.5) is 5.82 Å². The van der Waals surface area contributed by atoms with Crippen molar-refractivity contribution in [2.75, 3.05) is 18.4 Å². The van der Waals surface area contributed by atoms with Gasteiger partial charge in [-0.15, -0.1) is 0 Å². The molecule has 0 bridgehead atoms. The number of hydrogen-bond acceptors (Lipinski definition) is 5. The summed E-state index contributed by atoms with van der Waals surface area (Å²) in [4.78, 5) is 15.9. The van der Waals surface area contributed by atoms with Crippen LogP contribution in [0, 0.1) is 6.92 Å². The molecule has 0 aromatic carbocycles. The molecule has 3 heterocycles. The van der Waals surface area contributed by atoms with E-state index in [9.17, 15) is 4.79 Å². The highest BCUT2D eigenvalue weighted by molar-refractivity contribution is 5.51. The minimum absolute atomic E-state index is 0.00832. The summed E-state index contributed by atoms with van der Waals surface area (Å²) >= 11 is 0. The number of nitrogens with zero attached hydrogens (tertiary/aromatic N) is 3. The maximum absolute atomic E-state index is 11.5. The van der Waals surface area contributed by atoms with Crippen molar-refractivity contribution in [2.45, 2.75) is 25.8 Å². The number of hydrogen-bond donors (Lipinski definition) is 3.